The Morgan fingerprint density at radius 2 is 1.94 bits per heavy atom. The van der Waals surface area contributed by atoms with Gasteiger partial charge in [0.1, 0.15) is 0 Å². The molecule has 0 spiro atoms. The van der Waals surface area contributed by atoms with Crippen LogP contribution in [0.4, 0.5) is 10.8 Å². The molecule has 1 aliphatic rings. The van der Waals surface area contributed by atoms with Gasteiger partial charge in [0.2, 0.25) is 0 Å². The summed E-state index contributed by atoms with van der Waals surface area (Å²) in [6.07, 6.45) is 2.31. The highest BCUT2D eigenvalue weighted by Gasteiger charge is 2.29. The van der Waals surface area contributed by atoms with Gasteiger partial charge in [-0.1, -0.05) is 41.4 Å². The molecule has 0 bridgehead atoms. The molecule has 0 unspecified atom stereocenters. The lowest BCUT2D eigenvalue weighted by molar-refractivity contribution is 0.154. The fourth-order valence-electron chi connectivity index (χ4n) is 3.90. The number of hydrogen-bond donors (Lipinski definition) is 3. The second kappa shape index (κ2) is 10.3. The minimum absolute atomic E-state index is 0.0914. The quantitative estimate of drug-likeness (QED) is 0.414. The first-order chi connectivity index (χ1) is 15.0. The standard InChI is InChI=1S/C23H25Cl2N3O2S/c24-20-8-5-16(10-21(20)25)22-14-31-23(27-22)26-17-6-3-15(4-7-17)2-1-9-28-12-19(30)11-18(28)13-29/h3-8,10,14,18-19,29-30H,1-2,9,11-13H2,(H,26,27)/t18-,19+/m1/s1. The summed E-state index contributed by atoms with van der Waals surface area (Å²) in [5.74, 6) is 0. The largest absolute Gasteiger partial charge is 0.395 e. The van der Waals surface area contributed by atoms with Crippen molar-refractivity contribution in [1.82, 2.24) is 9.88 Å². The molecule has 1 fully saturated rings. The van der Waals surface area contributed by atoms with Crippen LogP contribution in [0.2, 0.25) is 10.0 Å². The number of nitrogens with one attached hydrogen (secondary N) is 1. The lowest BCUT2D eigenvalue weighted by Gasteiger charge is -2.22. The van der Waals surface area contributed by atoms with Crippen LogP contribution in [-0.4, -0.2) is 51.9 Å². The van der Waals surface area contributed by atoms with Crippen LogP contribution in [0.1, 0.15) is 18.4 Å². The number of β-amino-alcohol motifs (C(OH)–C–C–N with tert-alkyl or cyclic N) is 1. The van der Waals surface area contributed by atoms with E-state index in [1.54, 1.807) is 6.07 Å². The lowest BCUT2D eigenvalue weighted by Crippen LogP contribution is -2.33. The van der Waals surface area contributed by atoms with Crippen LogP contribution in [0.15, 0.2) is 47.8 Å². The third kappa shape index (κ3) is 5.77. The van der Waals surface area contributed by atoms with E-state index in [1.807, 2.05) is 17.5 Å². The van der Waals surface area contributed by atoms with Crippen molar-refractivity contribution >= 4 is 45.4 Å². The van der Waals surface area contributed by atoms with Crippen LogP contribution in [0.5, 0.6) is 0 Å². The summed E-state index contributed by atoms with van der Waals surface area (Å²) in [7, 11) is 0. The summed E-state index contributed by atoms with van der Waals surface area (Å²) in [4.78, 5) is 6.83. The van der Waals surface area contributed by atoms with E-state index in [0.717, 1.165) is 41.5 Å². The average Bonchev–Trinajstić information content (AvgIpc) is 3.37. The summed E-state index contributed by atoms with van der Waals surface area (Å²) in [6.45, 7) is 1.66. The van der Waals surface area contributed by atoms with E-state index in [4.69, 9.17) is 23.2 Å². The molecule has 8 heteroatoms. The van der Waals surface area contributed by atoms with Gasteiger partial charge >= 0.3 is 0 Å². The Balaban J connectivity index is 1.30. The Hall–Kier alpha value is -1.67. The van der Waals surface area contributed by atoms with Crippen LogP contribution in [0, 0.1) is 0 Å². The molecule has 2 aromatic carbocycles. The first kappa shape index (κ1) is 22.5. The molecule has 2 heterocycles. The van der Waals surface area contributed by atoms with Crippen molar-refractivity contribution < 1.29 is 10.2 Å². The number of aliphatic hydroxyl groups is 2. The monoisotopic (exact) mass is 477 g/mol. The van der Waals surface area contributed by atoms with Crippen molar-refractivity contribution in [3.8, 4) is 11.3 Å². The molecule has 164 valence electrons. The molecular formula is C23H25Cl2N3O2S. The first-order valence-electron chi connectivity index (χ1n) is 10.3. The number of rotatable bonds is 8. The second-order valence-electron chi connectivity index (χ2n) is 7.81. The van der Waals surface area contributed by atoms with Crippen molar-refractivity contribution in [2.75, 3.05) is 25.0 Å². The SMILES string of the molecule is OC[C@H]1C[C@H](O)CN1CCCc1ccc(Nc2nc(-c3ccc(Cl)c(Cl)c3)cs2)cc1. The second-order valence-corrected chi connectivity index (χ2v) is 9.49. The average molecular weight is 478 g/mol. The van der Waals surface area contributed by atoms with Crippen LogP contribution < -0.4 is 5.32 Å². The molecule has 0 aliphatic carbocycles. The molecule has 0 amide bonds. The minimum Gasteiger partial charge on any atom is -0.395 e. The van der Waals surface area contributed by atoms with Crippen LogP contribution in [-0.2, 0) is 6.42 Å². The van der Waals surface area contributed by atoms with Crippen LogP contribution >= 0.6 is 34.5 Å². The van der Waals surface area contributed by atoms with Gasteiger partial charge in [0, 0.05) is 29.2 Å². The fraction of sp³-hybridized carbons (Fsp3) is 0.348. The maximum Gasteiger partial charge on any atom is 0.187 e. The lowest BCUT2D eigenvalue weighted by atomic mass is 10.1. The summed E-state index contributed by atoms with van der Waals surface area (Å²) in [6, 6.07) is 14.0. The van der Waals surface area contributed by atoms with E-state index in [0.29, 0.717) is 23.0 Å². The van der Waals surface area contributed by atoms with Gasteiger partial charge in [-0.3, -0.25) is 4.90 Å². The van der Waals surface area contributed by atoms with Gasteiger partial charge in [-0.15, -0.1) is 11.3 Å². The zero-order chi connectivity index (χ0) is 21.8. The molecule has 1 saturated heterocycles. The number of thiazole rings is 1. The molecule has 3 N–H and O–H groups in total. The van der Waals surface area contributed by atoms with Gasteiger partial charge < -0.3 is 15.5 Å². The Morgan fingerprint density at radius 1 is 1.13 bits per heavy atom. The van der Waals surface area contributed by atoms with E-state index in [2.05, 4.69) is 39.5 Å². The van der Waals surface area contributed by atoms with Gasteiger partial charge in [0.25, 0.3) is 0 Å². The minimum atomic E-state index is -0.314. The third-order valence-corrected chi connectivity index (χ3v) is 7.05. The normalized spacial score (nSPS) is 19.1. The number of halogens is 2. The number of hydrogen-bond acceptors (Lipinski definition) is 6. The topological polar surface area (TPSA) is 68.6 Å². The van der Waals surface area contributed by atoms with Crippen molar-refractivity contribution in [2.24, 2.45) is 0 Å². The predicted octanol–water partition coefficient (Wildman–Crippen LogP) is 5.22. The van der Waals surface area contributed by atoms with Crippen LogP contribution in [0.3, 0.4) is 0 Å². The number of aryl methyl sites for hydroxylation is 1. The maximum atomic E-state index is 9.78. The first-order valence-corrected chi connectivity index (χ1v) is 12.0. The molecule has 2 atom stereocenters. The molecular weight excluding hydrogens is 453 g/mol. The highest BCUT2D eigenvalue weighted by molar-refractivity contribution is 7.14. The smallest absolute Gasteiger partial charge is 0.187 e. The van der Waals surface area contributed by atoms with Gasteiger partial charge in [-0.05, 0) is 55.6 Å². The van der Waals surface area contributed by atoms with E-state index >= 15 is 0 Å². The molecule has 4 rings (SSSR count). The van der Waals surface area contributed by atoms with Crippen molar-refractivity contribution in [3.63, 3.8) is 0 Å². The van der Waals surface area contributed by atoms with Crippen molar-refractivity contribution in [1.29, 1.82) is 0 Å². The van der Waals surface area contributed by atoms with E-state index in [1.165, 1.54) is 16.9 Å². The Labute approximate surface area is 196 Å². The zero-order valence-electron chi connectivity index (χ0n) is 17.0. The van der Waals surface area contributed by atoms with E-state index < -0.39 is 0 Å². The van der Waals surface area contributed by atoms with Crippen molar-refractivity contribution in [3.05, 3.63) is 63.5 Å². The van der Waals surface area contributed by atoms with Gasteiger partial charge in [0.15, 0.2) is 5.13 Å². The Bertz CT molecular complexity index is 1010. The molecule has 1 aliphatic heterocycles. The summed E-state index contributed by atoms with van der Waals surface area (Å²) in [5, 5.41) is 26.4. The number of likely N-dealkylation sites (tertiary alicyclic amines) is 1. The van der Waals surface area contributed by atoms with E-state index in [9.17, 15) is 10.2 Å². The highest BCUT2D eigenvalue weighted by atomic mass is 35.5. The molecule has 1 aromatic heterocycles. The Morgan fingerprint density at radius 3 is 2.68 bits per heavy atom. The number of aliphatic hydroxyl groups excluding tert-OH is 2. The van der Waals surface area contributed by atoms with E-state index in [-0.39, 0.29) is 18.8 Å². The van der Waals surface area contributed by atoms with Crippen LogP contribution in [0.25, 0.3) is 11.3 Å². The zero-order valence-corrected chi connectivity index (χ0v) is 19.3. The summed E-state index contributed by atoms with van der Waals surface area (Å²) >= 11 is 13.6. The van der Waals surface area contributed by atoms with Gasteiger partial charge in [-0.2, -0.15) is 0 Å². The third-order valence-electron chi connectivity index (χ3n) is 5.55. The summed E-state index contributed by atoms with van der Waals surface area (Å²) in [5.41, 5.74) is 4.04. The number of nitrogens with zero attached hydrogens (tertiary/aromatic N) is 2. The fourth-order valence-corrected chi connectivity index (χ4v) is 4.94. The molecule has 5 nitrogen and oxygen atoms in total. The molecule has 31 heavy (non-hydrogen) atoms. The predicted molar refractivity (Wildman–Crippen MR) is 129 cm³/mol. The highest BCUT2D eigenvalue weighted by Crippen LogP contribution is 2.31. The number of benzene rings is 2. The Kier molecular flexibility index (Phi) is 7.48. The van der Waals surface area contributed by atoms with Gasteiger partial charge in [0.05, 0.1) is 28.5 Å². The number of anilines is 2. The maximum absolute atomic E-state index is 9.78. The van der Waals surface area contributed by atoms with Crippen molar-refractivity contribution in [2.45, 2.75) is 31.4 Å². The number of aromatic nitrogens is 1. The molecule has 0 radical (unpaired) electrons. The van der Waals surface area contributed by atoms with Gasteiger partial charge in [-0.25, -0.2) is 4.98 Å². The molecule has 3 aromatic rings. The molecule has 0 saturated carbocycles. The summed E-state index contributed by atoms with van der Waals surface area (Å²) < 4.78 is 0.